The van der Waals surface area contributed by atoms with Crippen LogP contribution in [0.25, 0.3) is 0 Å². The van der Waals surface area contributed by atoms with Gasteiger partial charge in [-0.2, -0.15) is 5.10 Å². The summed E-state index contributed by atoms with van der Waals surface area (Å²) in [6.07, 6.45) is 3.43. The van der Waals surface area contributed by atoms with Gasteiger partial charge in [0.2, 0.25) is 5.82 Å². The SMILES string of the molecule is Cc1ccc(CN(C(=O)c2ncn[nH]2)C2CC2)o1. The Kier molecular flexibility index (Phi) is 2.62. The molecule has 2 aromatic rings. The highest BCUT2D eigenvalue weighted by Crippen LogP contribution is 2.29. The number of aromatic nitrogens is 3. The number of furan rings is 1. The van der Waals surface area contributed by atoms with E-state index < -0.39 is 0 Å². The molecule has 6 nitrogen and oxygen atoms in total. The molecule has 18 heavy (non-hydrogen) atoms. The molecule has 94 valence electrons. The van der Waals surface area contributed by atoms with Gasteiger partial charge in [0.05, 0.1) is 6.54 Å². The van der Waals surface area contributed by atoms with Crippen LogP contribution in [0.5, 0.6) is 0 Å². The van der Waals surface area contributed by atoms with Gasteiger partial charge in [-0.25, -0.2) is 4.98 Å². The third-order valence-corrected chi connectivity index (χ3v) is 2.99. The Bertz CT molecular complexity index is 542. The maximum absolute atomic E-state index is 12.2. The predicted molar refractivity (Wildman–Crippen MR) is 62.7 cm³/mol. The van der Waals surface area contributed by atoms with Crippen molar-refractivity contribution >= 4 is 5.91 Å². The summed E-state index contributed by atoms with van der Waals surface area (Å²) in [6, 6.07) is 4.10. The molecule has 0 aromatic carbocycles. The largest absolute Gasteiger partial charge is 0.464 e. The third kappa shape index (κ3) is 2.13. The minimum Gasteiger partial charge on any atom is -0.464 e. The highest BCUT2D eigenvalue weighted by Gasteiger charge is 2.34. The van der Waals surface area contributed by atoms with Crippen LogP contribution < -0.4 is 0 Å². The lowest BCUT2D eigenvalue weighted by molar-refractivity contribution is 0.0705. The van der Waals surface area contributed by atoms with Crippen molar-refractivity contribution < 1.29 is 9.21 Å². The van der Waals surface area contributed by atoms with Crippen LogP contribution in [-0.2, 0) is 6.54 Å². The zero-order chi connectivity index (χ0) is 12.5. The van der Waals surface area contributed by atoms with Crippen molar-refractivity contribution in [1.29, 1.82) is 0 Å². The van der Waals surface area contributed by atoms with Gasteiger partial charge in [0.25, 0.3) is 5.91 Å². The number of amides is 1. The maximum Gasteiger partial charge on any atom is 0.291 e. The number of carbonyl (C=O) groups excluding carboxylic acids is 1. The van der Waals surface area contributed by atoms with E-state index in [9.17, 15) is 4.79 Å². The summed E-state index contributed by atoms with van der Waals surface area (Å²) in [6.45, 7) is 2.38. The van der Waals surface area contributed by atoms with Crippen LogP contribution in [-0.4, -0.2) is 32.0 Å². The summed E-state index contributed by atoms with van der Waals surface area (Å²) in [7, 11) is 0. The Balaban J connectivity index is 1.78. The predicted octanol–water partition coefficient (Wildman–Crippen LogP) is 1.51. The summed E-state index contributed by atoms with van der Waals surface area (Å²) in [5, 5.41) is 6.32. The van der Waals surface area contributed by atoms with Gasteiger partial charge >= 0.3 is 0 Å². The van der Waals surface area contributed by atoms with Crippen molar-refractivity contribution in [2.75, 3.05) is 0 Å². The summed E-state index contributed by atoms with van der Waals surface area (Å²) in [5.41, 5.74) is 0. The first-order valence-electron chi connectivity index (χ1n) is 5.95. The molecule has 0 spiro atoms. The number of hydrogen-bond donors (Lipinski definition) is 1. The Labute approximate surface area is 104 Å². The van der Waals surface area contributed by atoms with Crippen LogP contribution in [0.15, 0.2) is 22.9 Å². The van der Waals surface area contributed by atoms with Crippen LogP contribution in [0.4, 0.5) is 0 Å². The monoisotopic (exact) mass is 246 g/mol. The molecule has 0 radical (unpaired) electrons. The average Bonchev–Trinajstić information content (AvgIpc) is 2.89. The number of carbonyl (C=O) groups is 1. The molecule has 0 aliphatic heterocycles. The number of aryl methyl sites for hydroxylation is 1. The van der Waals surface area contributed by atoms with Crippen molar-refractivity contribution in [3.05, 3.63) is 35.8 Å². The fourth-order valence-electron chi connectivity index (χ4n) is 1.94. The van der Waals surface area contributed by atoms with Gasteiger partial charge in [0.15, 0.2) is 0 Å². The van der Waals surface area contributed by atoms with Gasteiger partial charge in [-0.3, -0.25) is 9.89 Å². The van der Waals surface area contributed by atoms with E-state index in [0.29, 0.717) is 12.6 Å². The van der Waals surface area contributed by atoms with E-state index in [1.807, 2.05) is 19.1 Å². The summed E-state index contributed by atoms with van der Waals surface area (Å²) in [5.74, 6) is 1.81. The number of rotatable bonds is 4. The number of hydrogen-bond acceptors (Lipinski definition) is 4. The Morgan fingerprint density at radius 2 is 2.39 bits per heavy atom. The molecule has 0 saturated heterocycles. The molecule has 1 saturated carbocycles. The van der Waals surface area contributed by atoms with Crippen molar-refractivity contribution in [1.82, 2.24) is 20.1 Å². The topological polar surface area (TPSA) is 75.0 Å². The Morgan fingerprint density at radius 1 is 1.56 bits per heavy atom. The molecular formula is C12H14N4O2. The Morgan fingerprint density at radius 3 is 2.94 bits per heavy atom. The van der Waals surface area contributed by atoms with E-state index in [1.54, 1.807) is 4.90 Å². The first-order chi connectivity index (χ1) is 8.74. The molecule has 1 fully saturated rings. The number of H-pyrrole nitrogens is 1. The lowest BCUT2D eigenvalue weighted by Crippen LogP contribution is -2.33. The van der Waals surface area contributed by atoms with Crippen LogP contribution in [0.3, 0.4) is 0 Å². The minimum atomic E-state index is -0.121. The van der Waals surface area contributed by atoms with Gasteiger partial charge in [0.1, 0.15) is 17.8 Å². The molecule has 1 N–H and O–H groups in total. The molecule has 1 aliphatic rings. The van der Waals surface area contributed by atoms with Crippen LogP contribution in [0.2, 0.25) is 0 Å². The number of aromatic amines is 1. The average molecular weight is 246 g/mol. The lowest BCUT2D eigenvalue weighted by Gasteiger charge is -2.19. The van der Waals surface area contributed by atoms with E-state index in [1.165, 1.54) is 6.33 Å². The van der Waals surface area contributed by atoms with Gasteiger partial charge in [-0.05, 0) is 31.9 Å². The highest BCUT2D eigenvalue weighted by molar-refractivity contribution is 5.90. The third-order valence-electron chi connectivity index (χ3n) is 2.99. The standard InChI is InChI=1S/C12H14N4O2/c1-8-2-5-10(18-8)6-16(9-3-4-9)12(17)11-13-7-14-15-11/h2,5,7,9H,3-4,6H2,1H3,(H,13,14,15). The number of nitrogens with zero attached hydrogens (tertiary/aromatic N) is 3. The molecule has 3 rings (SSSR count). The number of nitrogens with one attached hydrogen (secondary N) is 1. The van der Waals surface area contributed by atoms with Gasteiger partial charge in [-0.15, -0.1) is 0 Å². The quantitative estimate of drug-likeness (QED) is 0.887. The molecule has 2 heterocycles. The zero-order valence-corrected chi connectivity index (χ0v) is 10.1. The van der Waals surface area contributed by atoms with E-state index >= 15 is 0 Å². The van der Waals surface area contributed by atoms with Gasteiger partial charge in [-0.1, -0.05) is 0 Å². The Hall–Kier alpha value is -2.11. The molecule has 0 atom stereocenters. The van der Waals surface area contributed by atoms with Gasteiger partial charge < -0.3 is 9.32 Å². The summed E-state index contributed by atoms with van der Waals surface area (Å²) >= 11 is 0. The summed E-state index contributed by atoms with van der Waals surface area (Å²) < 4.78 is 5.52. The van der Waals surface area contributed by atoms with Crippen molar-refractivity contribution in [3.8, 4) is 0 Å². The molecule has 6 heteroatoms. The first-order valence-corrected chi connectivity index (χ1v) is 5.95. The van der Waals surface area contributed by atoms with Crippen molar-refractivity contribution in [2.24, 2.45) is 0 Å². The second-order valence-corrected chi connectivity index (χ2v) is 4.51. The van der Waals surface area contributed by atoms with Crippen molar-refractivity contribution in [3.63, 3.8) is 0 Å². The maximum atomic E-state index is 12.2. The van der Waals surface area contributed by atoms with E-state index in [4.69, 9.17) is 4.42 Å². The minimum absolute atomic E-state index is 0.121. The second-order valence-electron chi connectivity index (χ2n) is 4.51. The molecule has 1 amide bonds. The highest BCUT2D eigenvalue weighted by atomic mass is 16.3. The van der Waals surface area contributed by atoms with Crippen molar-refractivity contribution in [2.45, 2.75) is 32.4 Å². The molecule has 0 unspecified atom stereocenters. The van der Waals surface area contributed by atoms with Crippen LogP contribution in [0, 0.1) is 6.92 Å². The fourth-order valence-corrected chi connectivity index (χ4v) is 1.94. The smallest absolute Gasteiger partial charge is 0.291 e. The fraction of sp³-hybridized carbons (Fsp3) is 0.417. The molecule has 1 aliphatic carbocycles. The van der Waals surface area contributed by atoms with Gasteiger partial charge in [0, 0.05) is 6.04 Å². The second kappa shape index (κ2) is 4.29. The molecule has 0 bridgehead atoms. The van der Waals surface area contributed by atoms with Crippen LogP contribution in [0.1, 0.15) is 35.0 Å². The first kappa shape index (κ1) is 11.0. The zero-order valence-electron chi connectivity index (χ0n) is 10.1. The van der Waals surface area contributed by atoms with E-state index in [2.05, 4.69) is 15.2 Å². The molecule has 2 aromatic heterocycles. The lowest BCUT2D eigenvalue weighted by atomic mass is 10.3. The van der Waals surface area contributed by atoms with E-state index in [0.717, 1.165) is 24.4 Å². The summed E-state index contributed by atoms with van der Waals surface area (Å²) in [4.78, 5) is 17.9. The normalized spacial score (nSPS) is 14.7. The van der Waals surface area contributed by atoms with Crippen LogP contribution >= 0.6 is 0 Å². The van der Waals surface area contributed by atoms with E-state index in [-0.39, 0.29) is 11.7 Å². The molecular weight excluding hydrogens is 232 g/mol.